The highest BCUT2D eigenvalue weighted by atomic mass is 16.6. The lowest BCUT2D eigenvalue weighted by atomic mass is 10.0. The first-order valence-corrected chi connectivity index (χ1v) is 3.91. The third-order valence-corrected chi connectivity index (χ3v) is 1.99. The first kappa shape index (κ1) is 6.17. The van der Waals surface area contributed by atoms with Crippen molar-refractivity contribution in [3.8, 4) is 0 Å². The van der Waals surface area contributed by atoms with E-state index in [4.69, 9.17) is 4.74 Å². The van der Waals surface area contributed by atoms with Crippen LogP contribution < -0.4 is 0 Å². The monoisotopic (exact) mass is 136 g/mol. The van der Waals surface area contributed by atoms with Crippen LogP contribution in [0.4, 0.5) is 0 Å². The quantitative estimate of drug-likeness (QED) is 0.529. The Balaban J connectivity index is 1.89. The van der Waals surface area contributed by atoms with Gasteiger partial charge in [-0.3, -0.25) is 0 Å². The van der Waals surface area contributed by atoms with Crippen LogP contribution in [0.15, 0.2) is 23.8 Å². The Bertz CT molecular complexity index is 175. The minimum atomic E-state index is 0.567. The Morgan fingerprint density at radius 3 is 3.10 bits per heavy atom. The van der Waals surface area contributed by atoms with Crippen LogP contribution >= 0.6 is 0 Å². The SMILES string of the molecule is C1=CCCC(CC2CO2)=C1. The summed E-state index contributed by atoms with van der Waals surface area (Å²) in [6.07, 6.45) is 10.8. The van der Waals surface area contributed by atoms with Gasteiger partial charge in [0.2, 0.25) is 0 Å². The van der Waals surface area contributed by atoms with Gasteiger partial charge in [0.15, 0.2) is 0 Å². The van der Waals surface area contributed by atoms with Gasteiger partial charge in [0.25, 0.3) is 0 Å². The maximum absolute atomic E-state index is 5.15. The van der Waals surface area contributed by atoms with Gasteiger partial charge in [-0.2, -0.15) is 0 Å². The second kappa shape index (κ2) is 2.59. The molecule has 0 aromatic heterocycles. The van der Waals surface area contributed by atoms with Crippen LogP contribution in [-0.4, -0.2) is 12.7 Å². The maximum atomic E-state index is 5.15. The molecule has 2 aliphatic rings. The van der Waals surface area contributed by atoms with E-state index in [0.717, 1.165) is 6.61 Å². The molecule has 10 heavy (non-hydrogen) atoms. The minimum Gasteiger partial charge on any atom is -0.373 e. The molecule has 1 unspecified atom stereocenters. The highest BCUT2D eigenvalue weighted by Crippen LogP contribution is 2.23. The van der Waals surface area contributed by atoms with Crippen LogP contribution in [0.3, 0.4) is 0 Å². The van der Waals surface area contributed by atoms with E-state index < -0.39 is 0 Å². The average molecular weight is 136 g/mol. The summed E-state index contributed by atoms with van der Waals surface area (Å²) in [7, 11) is 0. The number of epoxide rings is 1. The van der Waals surface area contributed by atoms with E-state index in [0.29, 0.717) is 6.10 Å². The molecule has 1 atom stereocenters. The lowest BCUT2D eigenvalue weighted by Gasteiger charge is -2.05. The maximum Gasteiger partial charge on any atom is 0.0847 e. The number of allylic oxidation sites excluding steroid dienone is 3. The average Bonchev–Trinajstić information content (AvgIpc) is 2.74. The van der Waals surface area contributed by atoms with Gasteiger partial charge in [-0.15, -0.1) is 0 Å². The summed E-state index contributed by atoms with van der Waals surface area (Å²) in [6, 6.07) is 0. The molecule has 0 N–H and O–H groups in total. The summed E-state index contributed by atoms with van der Waals surface area (Å²) in [4.78, 5) is 0. The van der Waals surface area contributed by atoms with Crippen molar-refractivity contribution in [1.82, 2.24) is 0 Å². The molecule has 54 valence electrons. The van der Waals surface area contributed by atoms with Gasteiger partial charge in [0, 0.05) is 0 Å². The van der Waals surface area contributed by atoms with Crippen molar-refractivity contribution in [2.24, 2.45) is 0 Å². The van der Waals surface area contributed by atoms with Crippen LogP contribution in [0, 0.1) is 0 Å². The van der Waals surface area contributed by atoms with Crippen molar-refractivity contribution in [3.05, 3.63) is 23.8 Å². The fourth-order valence-electron chi connectivity index (χ4n) is 1.30. The minimum absolute atomic E-state index is 0.567. The Kier molecular flexibility index (Phi) is 1.60. The van der Waals surface area contributed by atoms with E-state index in [1.165, 1.54) is 19.3 Å². The molecular formula is C9H12O. The zero-order chi connectivity index (χ0) is 6.81. The summed E-state index contributed by atoms with van der Waals surface area (Å²) in [5.74, 6) is 0. The van der Waals surface area contributed by atoms with Crippen molar-refractivity contribution in [2.45, 2.75) is 25.4 Å². The molecule has 0 spiro atoms. The molecule has 0 amide bonds. The molecular weight excluding hydrogens is 124 g/mol. The largest absolute Gasteiger partial charge is 0.373 e. The second-order valence-corrected chi connectivity index (χ2v) is 2.95. The van der Waals surface area contributed by atoms with Gasteiger partial charge in [-0.1, -0.05) is 23.8 Å². The molecule has 0 aromatic carbocycles. The van der Waals surface area contributed by atoms with Crippen molar-refractivity contribution in [2.75, 3.05) is 6.61 Å². The molecule has 1 fully saturated rings. The van der Waals surface area contributed by atoms with Crippen LogP contribution in [0.2, 0.25) is 0 Å². The van der Waals surface area contributed by atoms with Crippen molar-refractivity contribution in [3.63, 3.8) is 0 Å². The number of hydrogen-bond acceptors (Lipinski definition) is 1. The number of ether oxygens (including phenoxy) is 1. The molecule has 0 saturated carbocycles. The first-order valence-electron chi connectivity index (χ1n) is 3.91. The summed E-state index contributed by atoms with van der Waals surface area (Å²) >= 11 is 0. The molecule has 1 aliphatic heterocycles. The summed E-state index contributed by atoms with van der Waals surface area (Å²) in [5.41, 5.74) is 1.56. The third-order valence-electron chi connectivity index (χ3n) is 1.99. The number of hydrogen-bond donors (Lipinski definition) is 0. The van der Waals surface area contributed by atoms with Gasteiger partial charge in [0.05, 0.1) is 12.7 Å². The van der Waals surface area contributed by atoms with Gasteiger partial charge in [0.1, 0.15) is 0 Å². The van der Waals surface area contributed by atoms with Gasteiger partial charge in [-0.05, 0) is 19.3 Å². The van der Waals surface area contributed by atoms with Gasteiger partial charge in [-0.25, -0.2) is 0 Å². The lowest BCUT2D eigenvalue weighted by molar-refractivity contribution is 0.405. The predicted octanol–water partition coefficient (Wildman–Crippen LogP) is 2.05. The Hall–Kier alpha value is -0.560. The van der Waals surface area contributed by atoms with Gasteiger partial charge >= 0.3 is 0 Å². The third kappa shape index (κ3) is 1.48. The molecule has 1 aliphatic carbocycles. The highest BCUT2D eigenvalue weighted by molar-refractivity contribution is 5.18. The van der Waals surface area contributed by atoms with Crippen LogP contribution in [0.5, 0.6) is 0 Å². The molecule has 1 heterocycles. The molecule has 1 saturated heterocycles. The summed E-state index contributed by atoms with van der Waals surface area (Å²) in [6.45, 7) is 0.987. The molecule has 1 heteroatoms. The van der Waals surface area contributed by atoms with Crippen molar-refractivity contribution < 1.29 is 4.74 Å². The molecule has 0 radical (unpaired) electrons. The van der Waals surface area contributed by atoms with E-state index in [2.05, 4.69) is 18.2 Å². The smallest absolute Gasteiger partial charge is 0.0847 e. The lowest BCUT2D eigenvalue weighted by Crippen LogP contribution is -1.92. The summed E-state index contributed by atoms with van der Waals surface area (Å²) < 4.78 is 5.15. The normalized spacial score (nSPS) is 30.0. The van der Waals surface area contributed by atoms with Crippen LogP contribution in [0.25, 0.3) is 0 Å². The highest BCUT2D eigenvalue weighted by Gasteiger charge is 2.23. The van der Waals surface area contributed by atoms with Crippen LogP contribution in [0.1, 0.15) is 19.3 Å². The first-order chi connectivity index (χ1) is 4.95. The van der Waals surface area contributed by atoms with Gasteiger partial charge < -0.3 is 4.74 Å². The molecule has 0 aromatic rings. The predicted molar refractivity (Wildman–Crippen MR) is 40.8 cm³/mol. The van der Waals surface area contributed by atoms with E-state index in [9.17, 15) is 0 Å². The van der Waals surface area contributed by atoms with Crippen molar-refractivity contribution in [1.29, 1.82) is 0 Å². The van der Waals surface area contributed by atoms with E-state index in [-0.39, 0.29) is 0 Å². The second-order valence-electron chi connectivity index (χ2n) is 2.95. The zero-order valence-corrected chi connectivity index (χ0v) is 6.05. The van der Waals surface area contributed by atoms with E-state index in [1.807, 2.05) is 0 Å². The Morgan fingerprint density at radius 2 is 2.50 bits per heavy atom. The van der Waals surface area contributed by atoms with Crippen LogP contribution in [-0.2, 0) is 4.74 Å². The Morgan fingerprint density at radius 1 is 1.60 bits per heavy atom. The zero-order valence-electron chi connectivity index (χ0n) is 6.05. The molecule has 2 rings (SSSR count). The standard InChI is InChI=1S/C9H12O/c1-2-4-8(5-3-1)6-9-7-10-9/h1-2,4,9H,3,5-7H2. The van der Waals surface area contributed by atoms with Crippen molar-refractivity contribution >= 4 is 0 Å². The molecule has 1 nitrogen and oxygen atoms in total. The molecule has 0 bridgehead atoms. The Labute approximate surface area is 61.4 Å². The van der Waals surface area contributed by atoms with E-state index in [1.54, 1.807) is 5.57 Å². The number of rotatable bonds is 2. The fourth-order valence-corrected chi connectivity index (χ4v) is 1.30. The topological polar surface area (TPSA) is 12.5 Å². The summed E-state index contributed by atoms with van der Waals surface area (Å²) in [5, 5.41) is 0. The van der Waals surface area contributed by atoms with E-state index >= 15 is 0 Å². The fraction of sp³-hybridized carbons (Fsp3) is 0.556.